The fourth-order valence-electron chi connectivity index (χ4n) is 2.98. The first-order valence-corrected chi connectivity index (χ1v) is 6.79. The van der Waals surface area contributed by atoms with Gasteiger partial charge in [-0.05, 0) is 34.1 Å². The van der Waals surface area contributed by atoms with Crippen LogP contribution >= 0.6 is 0 Å². The number of carbonyl (C=O) groups is 1. The zero-order chi connectivity index (χ0) is 14.4. The summed E-state index contributed by atoms with van der Waals surface area (Å²) in [4.78, 5) is 14.3. The number of nitrogens with two attached hydrogens (primary N) is 1. The number of nitrogens with zero attached hydrogens (tertiary/aromatic N) is 3. The number of hydrogen-bond acceptors (Lipinski definition) is 3. The number of piperidine rings is 1. The SMILES string of the molecule is Cc1nn(C)cc1C1C(N)CCC(=O)N1C(C)(C)C. The Hall–Kier alpha value is -1.36. The molecule has 2 unspecified atom stereocenters. The summed E-state index contributed by atoms with van der Waals surface area (Å²) in [6.07, 6.45) is 3.26. The molecule has 1 aliphatic rings. The van der Waals surface area contributed by atoms with E-state index in [1.165, 1.54) is 0 Å². The lowest BCUT2D eigenvalue weighted by atomic mass is 9.87. The lowest BCUT2D eigenvalue weighted by Gasteiger charge is -2.47. The third kappa shape index (κ3) is 2.52. The first-order chi connectivity index (χ1) is 8.71. The van der Waals surface area contributed by atoms with Crippen LogP contribution < -0.4 is 5.73 Å². The number of aromatic nitrogens is 2. The van der Waals surface area contributed by atoms with E-state index in [2.05, 4.69) is 25.9 Å². The third-order valence-corrected chi connectivity index (χ3v) is 3.74. The van der Waals surface area contributed by atoms with Crippen LogP contribution in [0.25, 0.3) is 0 Å². The van der Waals surface area contributed by atoms with E-state index < -0.39 is 0 Å². The molecule has 0 aromatic carbocycles. The van der Waals surface area contributed by atoms with Gasteiger partial charge in [0.2, 0.25) is 5.91 Å². The Morgan fingerprint density at radius 1 is 1.42 bits per heavy atom. The molecule has 0 bridgehead atoms. The van der Waals surface area contributed by atoms with E-state index in [-0.39, 0.29) is 23.5 Å². The number of carbonyl (C=O) groups excluding carboxylic acids is 1. The van der Waals surface area contributed by atoms with Gasteiger partial charge in [-0.2, -0.15) is 5.10 Å². The second-order valence-electron chi connectivity index (χ2n) is 6.43. The van der Waals surface area contributed by atoms with E-state index >= 15 is 0 Å². The van der Waals surface area contributed by atoms with Crippen molar-refractivity contribution in [3.63, 3.8) is 0 Å². The first kappa shape index (κ1) is 14.1. The van der Waals surface area contributed by atoms with Crippen LogP contribution in [-0.4, -0.2) is 32.2 Å². The normalized spacial score (nSPS) is 24.9. The van der Waals surface area contributed by atoms with Crippen LogP contribution in [0.5, 0.6) is 0 Å². The van der Waals surface area contributed by atoms with Crippen LogP contribution in [0.4, 0.5) is 0 Å². The van der Waals surface area contributed by atoms with Crippen molar-refractivity contribution in [2.45, 2.75) is 58.2 Å². The van der Waals surface area contributed by atoms with E-state index in [0.29, 0.717) is 6.42 Å². The van der Waals surface area contributed by atoms with Crippen molar-refractivity contribution in [1.82, 2.24) is 14.7 Å². The van der Waals surface area contributed by atoms with Crippen molar-refractivity contribution in [1.29, 1.82) is 0 Å². The zero-order valence-electron chi connectivity index (χ0n) is 12.5. The molecule has 5 heteroatoms. The maximum Gasteiger partial charge on any atom is 0.223 e. The topological polar surface area (TPSA) is 64.2 Å². The smallest absolute Gasteiger partial charge is 0.223 e. The van der Waals surface area contributed by atoms with Crippen LogP contribution in [-0.2, 0) is 11.8 Å². The van der Waals surface area contributed by atoms with Gasteiger partial charge in [0.25, 0.3) is 0 Å². The molecular weight excluding hydrogens is 240 g/mol. The highest BCUT2D eigenvalue weighted by Crippen LogP contribution is 2.37. The standard InChI is InChI=1S/C14H24N4O/c1-9-10(8-17(5)16-9)13-11(15)6-7-12(19)18(13)14(2,3)4/h8,11,13H,6-7,15H2,1-5H3. The van der Waals surface area contributed by atoms with Gasteiger partial charge in [-0.25, -0.2) is 0 Å². The van der Waals surface area contributed by atoms with Gasteiger partial charge in [0.15, 0.2) is 0 Å². The zero-order valence-corrected chi connectivity index (χ0v) is 12.5. The van der Waals surface area contributed by atoms with Crippen LogP contribution in [0.3, 0.4) is 0 Å². The van der Waals surface area contributed by atoms with E-state index in [1.807, 2.05) is 25.1 Å². The molecular formula is C14H24N4O. The predicted molar refractivity (Wildman–Crippen MR) is 74.5 cm³/mol. The van der Waals surface area contributed by atoms with Gasteiger partial charge < -0.3 is 10.6 Å². The van der Waals surface area contributed by atoms with Crippen molar-refractivity contribution < 1.29 is 4.79 Å². The molecule has 1 aromatic heterocycles. The Morgan fingerprint density at radius 3 is 2.53 bits per heavy atom. The fourth-order valence-corrected chi connectivity index (χ4v) is 2.98. The highest BCUT2D eigenvalue weighted by atomic mass is 16.2. The van der Waals surface area contributed by atoms with Gasteiger partial charge >= 0.3 is 0 Å². The third-order valence-electron chi connectivity index (χ3n) is 3.74. The van der Waals surface area contributed by atoms with Crippen LogP contribution in [0.15, 0.2) is 6.20 Å². The van der Waals surface area contributed by atoms with Crippen LogP contribution in [0, 0.1) is 6.92 Å². The summed E-state index contributed by atoms with van der Waals surface area (Å²) in [5.41, 5.74) is 8.09. The van der Waals surface area contributed by atoms with Crippen molar-refractivity contribution in [3.05, 3.63) is 17.5 Å². The molecule has 2 rings (SSSR count). The Labute approximate surface area is 114 Å². The van der Waals surface area contributed by atoms with Gasteiger partial charge in [0.05, 0.1) is 11.7 Å². The van der Waals surface area contributed by atoms with E-state index in [1.54, 1.807) is 4.68 Å². The quantitative estimate of drug-likeness (QED) is 0.836. The average Bonchev–Trinajstić information content (AvgIpc) is 2.59. The Balaban J connectivity index is 2.48. The summed E-state index contributed by atoms with van der Waals surface area (Å²) in [6.45, 7) is 8.15. The molecule has 106 valence electrons. The molecule has 1 saturated heterocycles. The minimum atomic E-state index is -0.234. The highest BCUT2D eigenvalue weighted by Gasteiger charge is 2.41. The summed E-state index contributed by atoms with van der Waals surface area (Å²) >= 11 is 0. The summed E-state index contributed by atoms with van der Waals surface area (Å²) in [6, 6.07) is -0.102. The summed E-state index contributed by atoms with van der Waals surface area (Å²) < 4.78 is 1.79. The molecule has 1 amide bonds. The molecule has 19 heavy (non-hydrogen) atoms. The molecule has 5 nitrogen and oxygen atoms in total. The largest absolute Gasteiger partial charge is 0.329 e. The second-order valence-corrected chi connectivity index (χ2v) is 6.43. The van der Waals surface area contributed by atoms with Crippen molar-refractivity contribution in [2.75, 3.05) is 0 Å². The molecule has 1 fully saturated rings. The van der Waals surface area contributed by atoms with Crippen molar-refractivity contribution >= 4 is 5.91 Å². The van der Waals surface area contributed by atoms with Gasteiger partial charge in [-0.3, -0.25) is 9.48 Å². The van der Waals surface area contributed by atoms with Gasteiger partial charge in [0.1, 0.15) is 0 Å². The Morgan fingerprint density at radius 2 is 2.05 bits per heavy atom. The first-order valence-electron chi connectivity index (χ1n) is 6.79. The number of likely N-dealkylation sites (tertiary alicyclic amines) is 1. The Kier molecular flexibility index (Phi) is 3.43. The van der Waals surface area contributed by atoms with Crippen LogP contribution in [0.1, 0.15) is 50.9 Å². The molecule has 2 N–H and O–H groups in total. The monoisotopic (exact) mass is 264 g/mol. The van der Waals surface area contributed by atoms with Crippen LogP contribution in [0.2, 0.25) is 0 Å². The van der Waals surface area contributed by atoms with Gasteiger partial charge in [-0.1, -0.05) is 0 Å². The molecule has 0 aliphatic carbocycles. The molecule has 2 heterocycles. The minimum Gasteiger partial charge on any atom is -0.329 e. The maximum atomic E-state index is 12.3. The molecule has 1 aliphatic heterocycles. The second kappa shape index (κ2) is 4.63. The van der Waals surface area contributed by atoms with Crippen molar-refractivity contribution in [2.24, 2.45) is 12.8 Å². The molecule has 0 radical (unpaired) electrons. The molecule has 0 spiro atoms. The van der Waals surface area contributed by atoms with Gasteiger partial charge in [-0.15, -0.1) is 0 Å². The number of amides is 1. The summed E-state index contributed by atoms with van der Waals surface area (Å²) in [7, 11) is 1.90. The number of hydrogen-bond donors (Lipinski definition) is 1. The number of rotatable bonds is 1. The highest BCUT2D eigenvalue weighted by molar-refractivity contribution is 5.78. The fraction of sp³-hybridized carbons (Fsp3) is 0.714. The van der Waals surface area contributed by atoms with E-state index in [0.717, 1.165) is 17.7 Å². The van der Waals surface area contributed by atoms with E-state index in [9.17, 15) is 4.79 Å². The Bertz CT molecular complexity index is 486. The lowest BCUT2D eigenvalue weighted by Crippen LogP contribution is -2.56. The lowest BCUT2D eigenvalue weighted by molar-refractivity contribution is -0.144. The van der Waals surface area contributed by atoms with Crippen molar-refractivity contribution in [3.8, 4) is 0 Å². The summed E-state index contributed by atoms with van der Waals surface area (Å²) in [5, 5.41) is 4.39. The summed E-state index contributed by atoms with van der Waals surface area (Å²) in [5.74, 6) is 0.183. The molecule has 2 atom stereocenters. The maximum absolute atomic E-state index is 12.3. The molecule has 0 saturated carbocycles. The van der Waals surface area contributed by atoms with E-state index in [4.69, 9.17) is 5.73 Å². The number of aryl methyl sites for hydroxylation is 2. The predicted octanol–water partition coefficient (Wildman–Crippen LogP) is 1.52. The minimum absolute atomic E-state index is 0.0279. The molecule has 1 aromatic rings. The van der Waals surface area contributed by atoms with Gasteiger partial charge in [0, 0.05) is 36.8 Å². The average molecular weight is 264 g/mol.